The van der Waals surface area contributed by atoms with Crippen molar-refractivity contribution in [3.05, 3.63) is 75.3 Å². The number of hydrogen-bond donors (Lipinski definition) is 0. The van der Waals surface area contributed by atoms with Crippen LogP contribution in [0.25, 0.3) is 11.0 Å². The molecule has 3 rings (SSSR count). The lowest BCUT2D eigenvalue weighted by Gasteiger charge is -1.98. The summed E-state index contributed by atoms with van der Waals surface area (Å²) in [5.41, 5.74) is 0.458. The predicted molar refractivity (Wildman–Crippen MR) is 74.0 cm³/mol. The van der Waals surface area contributed by atoms with E-state index in [0.717, 1.165) is 5.56 Å². The van der Waals surface area contributed by atoms with Crippen molar-refractivity contribution in [2.24, 2.45) is 5.10 Å². The highest BCUT2D eigenvalue weighted by atomic mass is 16.4. The van der Waals surface area contributed by atoms with Gasteiger partial charge < -0.3 is 4.42 Å². The number of rotatable bonds is 2. The quantitative estimate of drug-likeness (QED) is 0.654. The first-order valence-corrected chi connectivity index (χ1v) is 5.85. The SMILES string of the molecule is O=c1oc2ccccc2c(=O)n1/N=C/c1ccncc1. The summed E-state index contributed by atoms with van der Waals surface area (Å²) < 4.78 is 5.74. The number of nitrogens with zero attached hydrogens (tertiary/aromatic N) is 3. The van der Waals surface area contributed by atoms with Gasteiger partial charge in [-0.1, -0.05) is 12.1 Å². The number of pyridine rings is 1. The zero-order chi connectivity index (χ0) is 13.9. The van der Waals surface area contributed by atoms with E-state index in [9.17, 15) is 9.59 Å². The van der Waals surface area contributed by atoms with Crippen molar-refractivity contribution in [2.75, 3.05) is 0 Å². The third-order valence-corrected chi connectivity index (χ3v) is 2.71. The Morgan fingerprint density at radius 3 is 2.65 bits per heavy atom. The molecule has 0 amide bonds. The topological polar surface area (TPSA) is 77.5 Å². The first kappa shape index (κ1) is 12.0. The molecule has 0 unspecified atom stereocenters. The summed E-state index contributed by atoms with van der Waals surface area (Å²) in [7, 11) is 0. The standard InChI is InChI=1S/C14H9N3O3/c18-13-11-3-1-2-4-12(11)20-14(19)17(13)16-9-10-5-7-15-8-6-10/h1-9H/b16-9+. The molecule has 6 nitrogen and oxygen atoms in total. The van der Waals surface area contributed by atoms with Gasteiger partial charge in [0.25, 0.3) is 5.56 Å². The van der Waals surface area contributed by atoms with Gasteiger partial charge in [0.2, 0.25) is 0 Å². The highest BCUT2D eigenvalue weighted by Crippen LogP contribution is 2.05. The Bertz CT molecular complexity index is 895. The van der Waals surface area contributed by atoms with Crippen LogP contribution in [0.15, 0.2) is 67.9 Å². The van der Waals surface area contributed by atoms with Crippen LogP contribution in [0.3, 0.4) is 0 Å². The molecule has 0 aliphatic heterocycles. The molecular weight excluding hydrogens is 258 g/mol. The fourth-order valence-electron chi connectivity index (χ4n) is 1.74. The largest absolute Gasteiger partial charge is 0.443 e. The molecule has 0 fully saturated rings. The first-order chi connectivity index (χ1) is 9.75. The maximum absolute atomic E-state index is 12.1. The molecule has 2 heterocycles. The van der Waals surface area contributed by atoms with Gasteiger partial charge >= 0.3 is 5.76 Å². The van der Waals surface area contributed by atoms with Crippen LogP contribution < -0.4 is 11.3 Å². The summed E-state index contributed by atoms with van der Waals surface area (Å²) in [5, 5.41) is 4.18. The van der Waals surface area contributed by atoms with Gasteiger partial charge in [-0.15, -0.1) is 4.68 Å². The van der Waals surface area contributed by atoms with Gasteiger partial charge in [-0.3, -0.25) is 9.78 Å². The summed E-state index contributed by atoms with van der Waals surface area (Å²) in [6.07, 6.45) is 4.58. The van der Waals surface area contributed by atoms with Gasteiger partial charge in [0, 0.05) is 12.4 Å². The second-order valence-electron chi connectivity index (χ2n) is 4.01. The van der Waals surface area contributed by atoms with Crippen LogP contribution in [-0.2, 0) is 0 Å². The minimum atomic E-state index is -0.820. The highest BCUT2D eigenvalue weighted by molar-refractivity contribution is 5.79. The molecular formula is C14H9N3O3. The molecule has 20 heavy (non-hydrogen) atoms. The number of hydrogen-bond acceptors (Lipinski definition) is 5. The number of aromatic nitrogens is 2. The van der Waals surface area contributed by atoms with Gasteiger partial charge in [-0.2, -0.15) is 5.10 Å². The van der Waals surface area contributed by atoms with Crippen molar-refractivity contribution < 1.29 is 4.42 Å². The predicted octanol–water partition coefficient (Wildman–Crippen LogP) is 1.23. The highest BCUT2D eigenvalue weighted by Gasteiger charge is 2.07. The molecule has 0 aliphatic carbocycles. The van der Waals surface area contributed by atoms with Crippen LogP contribution in [0.2, 0.25) is 0 Å². The number of benzene rings is 1. The van der Waals surface area contributed by atoms with Crippen LogP contribution in [0.1, 0.15) is 5.56 Å². The molecule has 0 spiro atoms. The molecule has 0 atom stereocenters. The van der Waals surface area contributed by atoms with E-state index in [1.54, 1.807) is 48.8 Å². The van der Waals surface area contributed by atoms with E-state index in [0.29, 0.717) is 10.1 Å². The molecule has 1 aromatic carbocycles. The van der Waals surface area contributed by atoms with Crippen LogP contribution in [0, 0.1) is 0 Å². The molecule has 2 aromatic heterocycles. The van der Waals surface area contributed by atoms with Crippen LogP contribution in [0.5, 0.6) is 0 Å². The van der Waals surface area contributed by atoms with Crippen molar-refractivity contribution in [1.29, 1.82) is 0 Å². The van der Waals surface area contributed by atoms with Crippen LogP contribution in [-0.4, -0.2) is 15.9 Å². The van der Waals surface area contributed by atoms with E-state index in [-0.39, 0.29) is 5.58 Å². The average Bonchev–Trinajstić information content (AvgIpc) is 2.48. The van der Waals surface area contributed by atoms with E-state index in [1.807, 2.05) is 0 Å². The number of fused-ring (bicyclic) bond motifs is 1. The number of para-hydroxylation sites is 1. The Balaban J connectivity index is 2.15. The van der Waals surface area contributed by atoms with Crippen LogP contribution in [0.4, 0.5) is 0 Å². The molecule has 0 saturated heterocycles. The maximum atomic E-state index is 12.1. The van der Waals surface area contributed by atoms with E-state index in [2.05, 4.69) is 10.1 Å². The van der Waals surface area contributed by atoms with Crippen molar-refractivity contribution >= 4 is 17.2 Å². The smallest absolute Gasteiger partial charge is 0.408 e. The lowest BCUT2D eigenvalue weighted by molar-refractivity contribution is 0.481. The van der Waals surface area contributed by atoms with Crippen molar-refractivity contribution in [2.45, 2.75) is 0 Å². The lowest BCUT2D eigenvalue weighted by Crippen LogP contribution is -2.29. The van der Waals surface area contributed by atoms with Gasteiger partial charge in [-0.25, -0.2) is 4.79 Å². The van der Waals surface area contributed by atoms with Crippen molar-refractivity contribution in [1.82, 2.24) is 9.66 Å². The molecule has 0 N–H and O–H groups in total. The fraction of sp³-hybridized carbons (Fsp3) is 0. The van der Waals surface area contributed by atoms with Crippen molar-refractivity contribution in [3.8, 4) is 0 Å². The Hall–Kier alpha value is -3.02. The summed E-state index contributed by atoms with van der Waals surface area (Å²) in [6, 6.07) is 9.94. The van der Waals surface area contributed by atoms with Gasteiger partial charge in [-0.05, 0) is 29.8 Å². The molecule has 3 aromatic rings. The first-order valence-electron chi connectivity index (χ1n) is 5.85. The fourth-order valence-corrected chi connectivity index (χ4v) is 1.74. The Morgan fingerprint density at radius 2 is 1.85 bits per heavy atom. The molecule has 6 heteroatoms. The Labute approximate surface area is 112 Å². The third-order valence-electron chi connectivity index (χ3n) is 2.71. The van der Waals surface area contributed by atoms with E-state index in [1.165, 1.54) is 6.21 Å². The summed E-state index contributed by atoms with van der Waals surface area (Å²) in [6.45, 7) is 0. The average molecular weight is 267 g/mol. The molecule has 98 valence electrons. The Morgan fingerprint density at radius 1 is 1.10 bits per heavy atom. The van der Waals surface area contributed by atoms with E-state index >= 15 is 0 Å². The molecule has 0 aliphatic rings. The zero-order valence-corrected chi connectivity index (χ0v) is 10.3. The minimum Gasteiger partial charge on any atom is -0.408 e. The molecule has 0 bridgehead atoms. The van der Waals surface area contributed by atoms with Crippen molar-refractivity contribution in [3.63, 3.8) is 0 Å². The summed E-state index contributed by atoms with van der Waals surface area (Å²) in [5.74, 6) is -0.820. The third kappa shape index (κ3) is 2.14. The van der Waals surface area contributed by atoms with Crippen LogP contribution >= 0.6 is 0 Å². The second kappa shape index (κ2) is 4.93. The maximum Gasteiger partial charge on any atom is 0.443 e. The summed E-state index contributed by atoms with van der Waals surface area (Å²) >= 11 is 0. The molecule has 0 saturated carbocycles. The van der Waals surface area contributed by atoms with E-state index < -0.39 is 11.3 Å². The normalized spacial score (nSPS) is 11.2. The monoisotopic (exact) mass is 267 g/mol. The Kier molecular flexibility index (Phi) is 2.96. The minimum absolute atomic E-state index is 0.248. The lowest BCUT2D eigenvalue weighted by atomic mass is 10.2. The second-order valence-corrected chi connectivity index (χ2v) is 4.01. The van der Waals surface area contributed by atoms with Gasteiger partial charge in [0.15, 0.2) is 0 Å². The van der Waals surface area contributed by atoms with Gasteiger partial charge in [0.1, 0.15) is 5.58 Å². The zero-order valence-electron chi connectivity index (χ0n) is 10.3. The van der Waals surface area contributed by atoms with Gasteiger partial charge in [0.05, 0.1) is 11.6 Å². The summed E-state index contributed by atoms with van der Waals surface area (Å²) in [4.78, 5) is 27.8. The molecule has 0 radical (unpaired) electrons. The van der Waals surface area contributed by atoms with E-state index in [4.69, 9.17) is 4.42 Å².